The predicted octanol–water partition coefficient (Wildman–Crippen LogP) is 1.82. The number of thioether (sulfide) groups is 1. The third-order valence-corrected chi connectivity index (χ3v) is 2.44. The average Bonchev–Trinajstić information content (AvgIpc) is 2.17. The van der Waals surface area contributed by atoms with Gasteiger partial charge < -0.3 is 10.8 Å². The summed E-state index contributed by atoms with van der Waals surface area (Å²) < 4.78 is 0. The van der Waals surface area contributed by atoms with Crippen LogP contribution < -0.4 is 5.73 Å². The maximum atomic E-state index is 8.82. The Morgan fingerprint density at radius 2 is 2.23 bits per heavy atom. The quantitative estimate of drug-likeness (QED) is 0.763. The average molecular weight is 220 g/mol. The summed E-state index contributed by atoms with van der Waals surface area (Å²) in [6.45, 7) is -0.00215. The van der Waals surface area contributed by atoms with Crippen LogP contribution in [0.25, 0.3) is 0 Å². The molecule has 0 aromatic heterocycles. The largest absolute Gasteiger partial charge is 0.394 e. The van der Waals surface area contributed by atoms with E-state index in [0.29, 0.717) is 0 Å². The van der Waals surface area contributed by atoms with Crippen LogP contribution >= 0.6 is 24.2 Å². The third-order valence-electron chi connectivity index (χ3n) is 1.72. The number of hydrogen-bond acceptors (Lipinski definition) is 3. The lowest BCUT2D eigenvalue weighted by Crippen LogP contribution is -2.14. The Morgan fingerprint density at radius 3 is 2.77 bits per heavy atom. The molecule has 1 unspecified atom stereocenters. The van der Waals surface area contributed by atoms with Gasteiger partial charge in [-0.05, 0) is 24.0 Å². The molecule has 0 aliphatic carbocycles. The van der Waals surface area contributed by atoms with E-state index in [1.165, 1.54) is 4.90 Å². The fraction of sp³-hybridized carbons (Fsp3) is 0.333. The molecule has 0 spiro atoms. The van der Waals surface area contributed by atoms with Gasteiger partial charge in [-0.25, -0.2) is 0 Å². The van der Waals surface area contributed by atoms with Crippen LogP contribution in [0.2, 0.25) is 0 Å². The second-order valence-corrected chi connectivity index (χ2v) is 3.45. The van der Waals surface area contributed by atoms with Crippen LogP contribution in [0.15, 0.2) is 29.2 Å². The van der Waals surface area contributed by atoms with Crippen LogP contribution in [0, 0.1) is 0 Å². The first-order valence-corrected chi connectivity index (χ1v) is 5.00. The van der Waals surface area contributed by atoms with Gasteiger partial charge in [-0.3, -0.25) is 0 Å². The van der Waals surface area contributed by atoms with Gasteiger partial charge in [-0.1, -0.05) is 12.1 Å². The Morgan fingerprint density at radius 1 is 1.54 bits per heavy atom. The van der Waals surface area contributed by atoms with Gasteiger partial charge in [-0.15, -0.1) is 24.2 Å². The molecule has 0 radical (unpaired) electrons. The molecule has 0 saturated carbocycles. The van der Waals surface area contributed by atoms with Crippen LogP contribution in [-0.2, 0) is 0 Å². The molecule has 1 rings (SSSR count). The summed E-state index contributed by atoms with van der Waals surface area (Å²) >= 11 is 1.67. The van der Waals surface area contributed by atoms with Gasteiger partial charge >= 0.3 is 0 Å². The minimum absolute atomic E-state index is 0. The van der Waals surface area contributed by atoms with Crippen molar-refractivity contribution in [3.8, 4) is 0 Å². The van der Waals surface area contributed by atoms with Gasteiger partial charge in [0, 0.05) is 4.90 Å². The first kappa shape index (κ1) is 12.8. The lowest BCUT2D eigenvalue weighted by molar-refractivity contribution is 0.268. The van der Waals surface area contributed by atoms with E-state index in [-0.39, 0.29) is 25.1 Å². The van der Waals surface area contributed by atoms with Crippen molar-refractivity contribution in [2.45, 2.75) is 10.9 Å². The fourth-order valence-corrected chi connectivity index (χ4v) is 1.45. The van der Waals surface area contributed by atoms with Crippen molar-refractivity contribution in [3.63, 3.8) is 0 Å². The molecule has 4 heteroatoms. The molecule has 1 aromatic rings. The van der Waals surface area contributed by atoms with Crippen molar-refractivity contribution in [1.29, 1.82) is 0 Å². The summed E-state index contributed by atoms with van der Waals surface area (Å²) in [5, 5.41) is 8.82. The molecule has 0 aliphatic heterocycles. The third kappa shape index (κ3) is 3.56. The highest BCUT2D eigenvalue weighted by atomic mass is 35.5. The highest BCUT2D eigenvalue weighted by Crippen LogP contribution is 2.18. The molecule has 0 bridgehead atoms. The standard InChI is InChI=1S/C9H13NOS.ClH/c1-12-8-4-2-3-7(5-8)9(10)6-11;/h2-5,9,11H,6,10H2,1H3;1H. The first-order chi connectivity index (χ1) is 5.77. The van der Waals surface area contributed by atoms with Gasteiger partial charge in [0.1, 0.15) is 0 Å². The molecular weight excluding hydrogens is 206 g/mol. The van der Waals surface area contributed by atoms with Gasteiger partial charge in [0.15, 0.2) is 0 Å². The van der Waals surface area contributed by atoms with E-state index in [9.17, 15) is 0 Å². The molecule has 1 aromatic carbocycles. The van der Waals surface area contributed by atoms with Crippen molar-refractivity contribution >= 4 is 24.2 Å². The number of nitrogens with two attached hydrogens (primary N) is 1. The SMILES string of the molecule is CSc1cccc(C(N)CO)c1.Cl. The van der Waals surface area contributed by atoms with E-state index in [1.54, 1.807) is 11.8 Å². The molecule has 13 heavy (non-hydrogen) atoms. The Bertz CT molecular complexity index is 257. The Kier molecular flexibility index (Phi) is 6.16. The minimum atomic E-state index is -0.253. The van der Waals surface area contributed by atoms with Crippen LogP contribution in [0.3, 0.4) is 0 Å². The van der Waals surface area contributed by atoms with Crippen molar-refractivity contribution < 1.29 is 5.11 Å². The maximum Gasteiger partial charge on any atom is 0.0624 e. The highest BCUT2D eigenvalue weighted by Gasteiger charge is 2.03. The van der Waals surface area contributed by atoms with Crippen LogP contribution in [-0.4, -0.2) is 18.0 Å². The fourth-order valence-electron chi connectivity index (χ4n) is 0.978. The predicted molar refractivity (Wildman–Crippen MR) is 59.5 cm³/mol. The molecule has 0 aliphatic rings. The lowest BCUT2D eigenvalue weighted by atomic mass is 10.1. The normalized spacial score (nSPS) is 11.9. The Labute approximate surface area is 88.9 Å². The lowest BCUT2D eigenvalue weighted by Gasteiger charge is -2.08. The summed E-state index contributed by atoms with van der Waals surface area (Å²) in [6.07, 6.45) is 2.02. The van der Waals surface area contributed by atoms with Crippen LogP contribution in [0.4, 0.5) is 0 Å². The highest BCUT2D eigenvalue weighted by molar-refractivity contribution is 7.98. The van der Waals surface area contributed by atoms with Gasteiger partial charge in [0.2, 0.25) is 0 Å². The topological polar surface area (TPSA) is 46.2 Å². The number of benzene rings is 1. The number of aliphatic hydroxyl groups excluding tert-OH is 1. The summed E-state index contributed by atoms with van der Waals surface area (Å²) in [5.74, 6) is 0. The Hall–Kier alpha value is -0.220. The molecule has 74 valence electrons. The van der Waals surface area contributed by atoms with E-state index < -0.39 is 0 Å². The summed E-state index contributed by atoms with van der Waals surface area (Å²) in [7, 11) is 0. The van der Waals surface area contributed by atoms with E-state index in [0.717, 1.165) is 5.56 Å². The molecule has 0 fully saturated rings. The summed E-state index contributed by atoms with van der Waals surface area (Å²) in [6, 6.07) is 7.67. The number of aliphatic hydroxyl groups is 1. The van der Waals surface area contributed by atoms with Gasteiger partial charge in [0.05, 0.1) is 12.6 Å². The number of halogens is 1. The molecule has 0 saturated heterocycles. The zero-order valence-electron chi connectivity index (χ0n) is 7.43. The Balaban J connectivity index is 0.00000144. The van der Waals surface area contributed by atoms with Crippen molar-refractivity contribution in [3.05, 3.63) is 29.8 Å². The molecule has 2 nitrogen and oxygen atoms in total. The van der Waals surface area contributed by atoms with E-state index in [1.807, 2.05) is 30.5 Å². The smallest absolute Gasteiger partial charge is 0.0624 e. The van der Waals surface area contributed by atoms with E-state index >= 15 is 0 Å². The van der Waals surface area contributed by atoms with E-state index in [4.69, 9.17) is 10.8 Å². The minimum Gasteiger partial charge on any atom is -0.394 e. The summed E-state index contributed by atoms with van der Waals surface area (Å²) in [5.41, 5.74) is 6.65. The van der Waals surface area contributed by atoms with Crippen LogP contribution in [0.1, 0.15) is 11.6 Å². The molecular formula is C9H14ClNOS. The van der Waals surface area contributed by atoms with Crippen molar-refractivity contribution in [2.24, 2.45) is 5.73 Å². The molecule has 3 N–H and O–H groups in total. The number of hydrogen-bond donors (Lipinski definition) is 2. The number of rotatable bonds is 3. The first-order valence-electron chi connectivity index (χ1n) is 3.78. The second kappa shape index (κ2) is 6.27. The second-order valence-electron chi connectivity index (χ2n) is 2.57. The molecule has 0 heterocycles. The van der Waals surface area contributed by atoms with Gasteiger partial charge in [0.25, 0.3) is 0 Å². The molecule has 1 atom stereocenters. The monoisotopic (exact) mass is 219 g/mol. The summed E-state index contributed by atoms with van der Waals surface area (Å²) in [4.78, 5) is 1.18. The van der Waals surface area contributed by atoms with Crippen molar-refractivity contribution in [1.82, 2.24) is 0 Å². The van der Waals surface area contributed by atoms with Crippen LogP contribution in [0.5, 0.6) is 0 Å². The molecule has 0 amide bonds. The zero-order chi connectivity index (χ0) is 8.97. The van der Waals surface area contributed by atoms with Gasteiger partial charge in [-0.2, -0.15) is 0 Å². The van der Waals surface area contributed by atoms with E-state index in [2.05, 4.69) is 0 Å². The maximum absolute atomic E-state index is 8.82. The van der Waals surface area contributed by atoms with Crippen molar-refractivity contribution in [2.75, 3.05) is 12.9 Å². The zero-order valence-corrected chi connectivity index (χ0v) is 9.07.